The molecule has 2 aromatic rings. The minimum atomic E-state index is 0.892. The number of nitrogens with one attached hydrogen (secondary N) is 1. The molecule has 0 spiro atoms. The molecule has 15 heavy (non-hydrogen) atoms. The van der Waals surface area contributed by atoms with Gasteiger partial charge in [0.15, 0.2) is 0 Å². The fraction of sp³-hybridized carbons (Fsp3) is 0.455. The van der Waals surface area contributed by atoms with Crippen LogP contribution in [0.2, 0.25) is 0 Å². The first-order chi connectivity index (χ1) is 7.31. The first kappa shape index (κ1) is 10.6. The molecule has 3 nitrogen and oxygen atoms in total. The maximum absolute atomic E-state index is 4.49. The highest BCUT2D eigenvalue weighted by atomic mass is 79.9. The second-order valence-electron chi connectivity index (χ2n) is 3.68. The van der Waals surface area contributed by atoms with E-state index in [1.54, 1.807) is 0 Å². The van der Waals surface area contributed by atoms with E-state index in [9.17, 15) is 0 Å². The Kier molecular flexibility index (Phi) is 3.36. The number of rotatable bonds is 4. The number of nitrogens with zero attached hydrogens (tertiary/aromatic N) is 2. The third kappa shape index (κ3) is 2.37. The van der Waals surface area contributed by atoms with E-state index < -0.39 is 0 Å². The number of hydrogen-bond acceptors (Lipinski definition) is 2. The second kappa shape index (κ2) is 4.75. The minimum absolute atomic E-state index is 0.892. The maximum atomic E-state index is 4.49. The molecule has 0 aliphatic heterocycles. The van der Waals surface area contributed by atoms with Gasteiger partial charge in [0.1, 0.15) is 4.60 Å². The van der Waals surface area contributed by atoms with Crippen molar-refractivity contribution in [2.24, 2.45) is 0 Å². The van der Waals surface area contributed by atoms with Gasteiger partial charge in [-0.25, -0.2) is 4.98 Å². The Bertz CT molecular complexity index is 450. The lowest BCUT2D eigenvalue weighted by Gasteiger charge is -2.02. The Morgan fingerprint density at radius 1 is 1.40 bits per heavy atom. The lowest BCUT2D eigenvalue weighted by atomic mass is 10.1. The molecule has 0 bridgehead atoms. The molecule has 80 valence electrons. The summed E-state index contributed by atoms with van der Waals surface area (Å²) in [5.41, 5.74) is 2.19. The van der Waals surface area contributed by atoms with Crippen molar-refractivity contribution in [3.8, 4) is 0 Å². The molecular weight excluding hydrogens is 254 g/mol. The number of fused-ring (bicyclic) bond motifs is 1. The Labute approximate surface area is 97.4 Å². The minimum Gasteiger partial charge on any atom is -0.276 e. The maximum Gasteiger partial charge on any atom is 0.107 e. The summed E-state index contributed by atoms with van der Waals surface area (Å²) in [6.07, 6.45) is 6.54. The molecule has 0 aliphatic rings. The van der Waals surface area contributed by atoms with Crippen molar-refractivity contribution >= 4 is 26.8 Å². The molecule has 0 atom stereocenters. The van der Waals surface area contributed by atoms with Gasteiger partial charge < -0.3 is 0 Å². The lowest BCUT2D eigenvalue weighted by molar-refractivity contribution is 0.708. The van der Waals surface area contributed by atoms with Crippen LogP contribution in [0, 0.1) is 0 Å². The van der Waals surface area contributed by atoms with Gasteiger partial charge in [-0.05, 0) is 34.8 Å². The second-order valence-corrected chi connectivity index (χ2v) is 4.50. The molecule has 2 heterocycles. The molecule has 0 unspecified atom stereocenters. The fourth-order valence-electron chi connectivity index (χ4n) is 1.70. The molecule has 0 saturated carbocycles. The summed E-state index contributed by atoms with van der Waals surface area (Å²) in [4.78, 5) is 4.49. The number of pyridine rings is 1. The zero-order valence-corrected chi connectivity index (χ0v) is 10.3. The normalized spacial score (nSPS) is 11.1. The van der Waals surface area contributed by atoms with Crippen molar-refractivity contribution in [1.82, 2.24) is 15.2 Å². The molecule has 0 fully saturated rings. The fourth-order valence-corrected chi connectivity index (χ4v) is 2.17. The number of aromatic nitrogens is 3. The predicted octanol–water partition coefficient (Wildman–Crippen LogP) is 3.45. The van der Waals surface area contributed by atoms with Gasteiger partial charge in [-0.1, -0.05) is 19.8 Å². The number of H-pyrrole nitrogens is 1. The van der Waals surface area contributed by atoms with Crippen LogP contribution >= 0.6 is 15.9 Å². The van der Waals surface area contributed by atoms with Crippen LogP contribution in [0.3, 0.4) is 0 Å². The van der Waals surface area contributed by atoms with Crippen molar-refractivity contribution in [1.29, 1.82) is 0 Å². The van der Waals surface area contributed by atoms with Crippen LogP contribution in [-0.4, -0.2) is 15.2 Å². The van der Waals surface area contributed by atoms with Crippen LogP contribution in [0.4, 0.5) is 0 Å². The van der Waals surface area contributed by atoms with Crippen LogP contribution in [0.1, 0.15) is 31.9 Å². The van der Waals surface area contributed by atoms with E-state index in [0.717, 1.165) is 27.6 Å². The van der Waals surface area contributed by atoms with Gasteiger partial charge in [0.2, 0.25) is 0 Å². The highest BCUT2D eigenvalue weighted by Crippen LogP contribution is 2.20. The number of hydrogen-bond donors (Lipinski definition) is 1. The lowest BCUT2D eigenvalue weighted by Crippen LogP contribution is -1.93. The van der Waals surface area contributed by atoms with E-state index in [1.165, 1.54) is 19.3 Å². The summed E-state index contributed by atoms with van der Waals surface area (Å²) in [7, 11) is 0. The molecule has 2 rings (SSSR count). The van der Waals surface area contributed by atoms with Crippen LogP contribution < -0.4 is 0 Å². The zero-order chi connectivity index (χ0) is 10.7. The third-order valence-electron chi connectivity index (χ3n) is 2.49. The summed E-state index contributed by atoms with van der Waals surface area (Å²) in [5, 5.41) is 8.18. The first-order valence-corrected chi connectivity index (χ1v) is 6.09. The van der Waals surface area contributed by atoms with Gasteiger partial charge in [-0.3, -0.25) is 5.10 Å². The van der Waals surface area contributed by atoms with Crippen LogP contribution in [0.15, 0.2) is 16.9 Å². The molecule has 1 N–H and O–H groups in total. The van der Waals surface area contributed by atoms with Crippen molar-refractivity contribution in [3.05, 3.63) is 22.6 Å². The Morgan fingerprint density at radius 2 is 2.27 bits per heavy atom. The van der Waals surface area contributed by atoms with E-state index >= 15 is 0 Å². The van der Waals surface area contributed by atoms with E-state index in [4.69, 9.17) is 0 Å². The molecule has 0 amide bonds. The van der Waals surface area contributed by atoms with Gasteiger partial charge in [-0.15, -0.1) is 0 Å². The largest absolute Gasteiger partial charge is 0.276 e. The van der Waals surface area contributed by atoms with Crippen molar-refractivity contribution in [2.75, 3.05) is 0 Å². The zero-order valence-electron chi connectivity index (χ0n) is 8.76. The van der Waals surface area contributed by atoms with Crippen LogP contribution in [0.25, 0.3) is 10.9 Å². The monoisotopic (exact) mass is 267 g/mol. The quantitative estimate of drug-likeness (QED) is 0.681. The van der Waals surface area contributed by atoms with E-state index in [1.807, 2.05) is 12.3 Å². The first-order valence-electron chi connectivity index (χ1n) is 5.29. The van der Waals surface area contributed by atoms with E-state index in [-0.39, 0.29) is 0 Å². The predicted molar refractivity (Wildman–Crippen MR) is 64.8 cm³/mol. The highest BCUT2D eigenvalue weighted by Gasteiger charge is 2.06. The van der Waals surface area contributed by atoms with Crippen molar-refractivity contribution in [2.45, 2.75) is 32.6 Å². The SMILES string of the molecule is CCCCCc1nc(Br)cc2cn[nH]c12. The van der Waals surface area contributed by atoms with Crippen LogP contribution in [-0.2, 0) is 6.42 Å². The average Bonchev–Trinajstić information content (AvgIpc) is 2.65. The topological polar surface area (TPSA) is 41.6 Å². The van der Waals surface area contributed by atoms with Gasteiger partial charge in [0.05, 0.1) is 17.4 Å². The van der Waals surface area contributed by atoms with Crippen molar-refractivity contribution in [3.63, 3.8) is 0 Å². The van der Waals surface area contributed by atoms with Gasteiger partial charge in [0, 0.05) is 5.39 Å². The molecule has 0 saturated heterocycles. The van der Waals surface area contributed by atoms with Gasteiger partial charge in [0.25, 0.3) is 0 Å². The van der Waals surface area contributed by atoms with E-state index in [2.05, 4.69) is 38.0 Å². The summed E-state index contributed by atoms with van der Waals surface area (Å²) in [5.74, 6) is 0. The Balaban J connectivity index is 2.27. The number of aromatic amines is 1. The summed E-state index contributed by atoms with van der Waals surface area (Å²) < 4.78 is 0.892. The molecule has 0 radical (unpaired) electrons. The molecular formula is C11H14BrN3. The number of unbranched alkanes of at least 4 members (excludes halogenated alkanes) is 2. The van der Waals surface area contributed by atoms with Gasteiger partial charge >= 0.3 is 0 Å². The Hall–Kier alpha value is -0.900. The standard InChI is InChI=1S/C11H14BrN3/c1-2-3-4-5-9-11-8(7-13-15-11)6-10(12)14-9/h6-7H,2-5H2,1H3,(H,13,15). The molecule has 2 aromatic heterocycles. The smallest absolute Gasteiger partial charge is 0.107 e. The Morgan fingerprint density at radius 3 is 3.07 bits per heavy atom. The molecule has 0 aliphatic carbocycles. The number of halogens is 1. The molecule has 4 heteroatoms. The van der Waals surface area contributed by atoms with Crippen molar-refractivity contribution < 1.29 is 0 Å². The highest BCUT2D eigenvalue weighted by molar-refractivity contribution is 9.10. The average molecular weight is 268 g/mol. The molecule has 0 aromatic carbocycles. The van der Waals surface area contributed by atoms with Gasteiger partial charge in [-0.2, -0.15) is 5.10 Å². The number of aryl methyl sites for hydroxylation is 1. The summed E-state index contributed by atoms with van der Waals surface area (Å²) in [6, 6.07) is 1.99. The third-order valence-corrected chi connectivity index (χ3v) is 2.90. The van der Waals surface area contributed by atoms with Crippen LogP contribution in [0.5, 0.6) is 0 Å². The summed E-state index contributed by atoms with van der Waals surface area (Å²) in [6.45, 7) is 2.21. The van der Waals surface area contributed by atoms with E-state index in [0.29, 0.717) is 0 Å². The summed E-state index contributed by atoms with van der Waals surface area (Å²) >= 11 is 3.42.